The average Bonchev–Trinajstić information content (AvgIpc) is 3.22. The third-order valence-electron chi connectivity index (χ3n) is 3.63. The summed E-state index contributed by atoms with van der Waals surface area (Å²) < 4.78 is 17.7. The van der Waals surface area contributed by atoms with Gasteiger partial charge >= 0.3 is 0 Å². The van der Waals surface area contributed by atoms with Crippen molar-refractivity contribution in [2.45, 2.75) is 13.1 Å². The van der Waals surface area contributed by atoms with E-state index in [2.05, 4.69) is 5.32 Å². The van der Waals surface area contributed by atoms with Gasteiger partial charge in [-0.25, -0.2) is 0 Å². The molecule has 0 fully saturated rings. The maximum Gasteiger partial charge on any atom is 0.240 e. The number of carbonyl (C=O) groups is 1. The Morgan fingerprint density at radius 3 is 2.83 bits per heavy atom. The average molecular weight is 314 g/mol. The molecule has 3 aromatic rings. The Kier molecular flexibility index (Phi) is 4.23. The predicted octanol–water partition coefficient (Wildman–Crippen LogP) is 2.57. The first kappa shape index (κ1) is 15.0. The normalized spacial score (nSPS) is 10.7. The van der Waals surface area contributed by atoms with Gasteiger partial charge in [-0.2, -0.15) is 0 Å². The van der Waals surface area contributed by atoms with Crippen molar-refractivity contribution in [2.24, 2.45) is 0 Å². The van der Waals surface area contributed by atoms with Crippen LogP contribution < -0.4 is 14.8 Å². The molecule has 1 N–H and O–H groups in total. The van der Waals surface area contributed by atoms with Crippen molar-refractivity contribution >= 4 is 16.8 Å². The van der Waals surface area contributed by atoms with E-state index in [4.69, 9.17) is 13.9 Å². The molecule has 0 saturated carbocycles. The Morgan fingerprint density at radius 2 is 2.13 bits per heavy atom. The number of hydrogen-bond acceptors (Lipinski definition) is 4. The van der Waals surface area contributed by atoms with E-state index < -0.39 is 0 Å². The molecule has 2 aromatic heterocycles. The van der Waals surface area contributed by atoms with Crippen LogP contribution in [0, 0.1) is 0 Å². The van der Waals surface area contributed by atoms with Crippen molar-refractivity contribution in [3.8, 4) is 11.5 Å². The standard InChI is InChI=1S/C17H18N2O4/c1-21-13-8-15-14(16(9-13)22-2)5-6-19(15)11-17(20)18-10-12-4-3-7-23-12/h3-9H,10-11H2,1-2H3,(H,18,20). The Hall–Kier alpha value is -2.89. The molecule has 0 unspecified atom stereocenters. The number of furan rings is 1. The van der Waals surface area contributed by atoms with Crippen molar-refractivity contribution in [1.82, 2.24) is 9.88 Å². The molecule has 0 aliphatic carbocycles. The number of amides is 1. The molecule has 6 nitrogen and oxygen atoms in total. The summed E-state index contributed by atoms with van der Waals surface area (Å²) in [5, 5.41) is 3.77. The summed E-state index contributed by atoms with van der Waals surface area (Å²) in [5.74, 6) is 2.03. The predicted molar refractivity (Wildman–Crippen MR) is 85.6 cm³/mol. The Labute approximate surface area is 133 Å². The molecule has 6 heteroatoms. The van der Waals surface area contributed by atoms with Crippen LogP contribution in [0.4, 0.5) is 0 Å². The summed E-state index contributed by atoms with van der Waals surface area (Å²) >= 11 is 0. The highest BCUT2D eigenvalue weighted by molar-refractivity contribution is 5.89. The first-order valence-corrected chi connectivity index (χ1v) is 7.21. The highest BCUT2D eigenvalue weighted by Crippen LogP contribution is 2.31. The third kappa shape index (κ3) is 3.15. The molecule has 0 bridgehead atoms. The van der Waals surface area contributed by atoms with Crippen LogP contribution in [0.15, 0.2) is 47.2 Å². The van der Waals surface area contributed by atoms with E-state index in [1.165, 1.54) is 0 Å². The highest BCUT2D eigenvalue weighted by atomic mass is 16.5. The first-order chi connectivity index (χ1) is 11.2. The molecule has 3 rings (SSSR count). The molecule has 0 atom stereocenters. The summed E-state index contributed by atoms with van der Waals surface area (Å²) in [7, 11) is 3.21. The summed E-state index contributed by atoms with van der Waals surface area (Å²) in [5.41, 5.74) is 0.884. The second-order valence-corrected chi connectivity index (χ2v) is 5.06. The lowest BCUT2D eigenvalue weighted by atomic mass is 10.2. The van der Waals surface area contributed by atoms with Crippen molar-refractivity contribution in [2.75, 3.05) is 14.2 Å². The maximum absolute atomic E-state index is 12.1. The molecule has 0 aliphatic heterocycles. The number of rotatable bonds is 6. The molecule has 2 heterocycles. The van der Waals surface area contributed by atoms with Gasteiger partial charge in [-0.05, 0) is 18.2 Å². The van der Waals surface area contributed by atoms with Gasteiger partial charge in [0.1, 0.15) is 23.8 Å². The van der Waals surface area contributed by atoms with E-state index >= 15 is 0 Å². The van der Waals surface area contributed by atoms with Gasteiger partial charge in [-0.3, -0.25) is 4.79 Å². The van der Waals surface area contributed by atoms with Crippen LogP contribution in [0.25, 0.3) is 10.9 Å². The van der Waals surface area contributed by atoms with Crippen LogP contribution in [0.2, 0.25) is 0 Å². The minimum atomic E-state index is -0.0966. The smallest absolute Gasteiger partial charge is 0.240 e. The van der Waals surface area contributed by atoms with Crippen LogP contribution >= 0.6 is 0 Å². The number of ether oxygens (including phenoxy) is 2. The lowest BCUT2D eigenvalue weighted by molar-refractivity contribution is -0.121. The first-order valence-electron chi connectivity index (χ1n) is 7.21. The van der Waals surface area contributed by atoms with Crippen LogP contribution in [0.5, 0.6) is 11.5 Å². The SMILES string of the molecule is COc1cc(OC)c2ccn(CC(=O)NCc3ccco3)c2c1. The van der Waals surface area contributed by atoms with Gasteiger partial charge in [0.05, 0.1) is 32.5 Å². The van der Waals surface area contributed by atoms with Crippen LogP contribution in [-0.4, -0.2) is 24.7 Å². The van der Waals surface area contributed by atoms with Gasteiger partial charge in [-0.1, -0.05) is 0 Å². The Bertz CT molecular complexity index is 805. The van der Waals surface area contributed by atoms with Crippen molar-refractivity contribution < 1.29 is 18.7 Å². The van der Waals surface area contributed by atoms with E-state index in [-0.39, 0.29) is 12.5 Å². The highest BCUT2D eigenvalue weighted by Gasteiger charge is 2.12. The summed E-state index contributed by atoms with van der Waals surface area (Å²) in [4.78, 5) is 12.1. The van der Waals surface area contributed by atoms with Crippen LogP contribution in [0.3, 0.4) is 0 Å². The molecule has 23 heavy (non-hydrogen) atoms. The fraction of sp³-hybridized carbons (Fsp3) is 0.235. The molecule has 0 aliphatic rings. The molecule has 1 aromatic carbocycles. The molecular weight excluding hydrogens is 296 g/mol. The number of fused-ring (bicyclic) bond motifs is 1. The fourth-order valence-corrected chi connectivity index (χ4v) is 2.47. The fourth-order valence-electron chi connectivity index (χ4n) is 2.47. The van der Waals surface area contributed by atoms with Gasteiger partial charge in [0, 0.05) is 23.7 Å². The van der Waals surface area contributed by atoms with Gasteiger partial charge in [0.2, 0.25) is 5.91 Å². The van der Waals surface area contributed by atoms with E-state index in [1.807, 2.05) is 35.0 Å². The number of aromatic nitrogens is 1. The van der Waals surface area contributed by atoms with Gasteiger partial charge in [-0.15, -0.1) is 0 Å². The van der Waals surface area contributed by atoms with E-state index in [0.29, 0.717) is 18.0 Å². The second kappa shape index (κ2) is 6.48. The number of nitrogens with one attached hydrogen (secondary N) is 1. The number of methoxy groups -OCH3 is 2. The quantitative estimate of drug-likeness (QED) is 0.759. The third-order valence-corrected chi connectivity index (χ3v) is 3.63. The molecule has 1 amide bonds. The molecule has 120 valence electrons. The number of hydrogen-bond donors (Lipinski definition) is 1. The number of benzene rings is 1. The molecule has 0 spiro atoms. The minimum Gasteiger partial charge on any atom is -0.497 e. The zero-order chi connectivity index (χ0) is 16.2. The zero-order valence-corrected chi connectivity index (χ0v) is 13.0. The van der Waals surface area contributed by atoms with Crippen LogP contribution in [0.1, 0.15) is 5.76 Å². The topological polar surface area (TPSA) is 65.6 Å². The van der Waals surface area contributed by atoms with E-state index in [1.54, 1.807) is 26.5 Å². The van der Waals surface area contributed by atoms with Gasteiger partial charge in [0.25, 0.3) is 0 Å². The molecular formula is C17H18N2O4. The largest absolute Gasteiger partial charge is 0.497 e. The number of carbonyl (C=O) groups excluding carboxylic acids is 1. The second-order valence-electron chi connectivity index (χ2n) is 5.06. The summed E-state index contributed by atoms with van der Waals surface area (Å²) in [6.45, 7) is 0.582. The van der Waals surface area contributed by atoms with Gasteiger partial charge in [0.15, 0.2) is 0 Å². The minimum absolute atomic E-state index is 0.0966. The lowest BCUT2D eigenvalue weighted by Crippen LogP contribution is -2.26. The van der Waals surface area contributed by atoms with E-state index in [9.17, 15) is 4.79 Å². The molecule has 0 saturated heterocycles. The zero-order valence-electron chi connectivity index (χ0n) is 13.0. The maximum atomic E-state index is 12.1. The number of nitrogens with zero attached hydrogens (tertiary/aromatic N) is 1. The summed E-state index contributed by atoms with van der Waals surface area (Å²) in [6.07, 6.45) is 3.44. The van der Waals surface area contributed by atoms with E-state index in [0.717, 1.165) is 16.7 Å². The van der Waals surface area contributed by atoms with Crippen molar-refractivity contribution in [1.29, 1.82) is 0 Å². The van der Waals surface area contributed by atoms with Crippen molar-refractivity contribution in [3.05, 3.63) is 48.6 Å². The van der Waals surface area contributed by atoms with Gasteiger partial charge < -0.3 is 23.8 Å². The van der Waals surface area contributed by atoms with Crippen LogP contribution in [-0.2, 0) is 17.9 Å². The Morgan fingerprint density at radius 1 is 1.26 bits per heavy atom. The molecule has 0 radical (unpaired) electrons. The lowest BCUT2D eigenvalue weighted by Gasteiger charge is -2.09. The monoisotopic (exact) mass is 314 g/mol. The van der Waals surface area contributed by atoms with Crippen molar-refractivity contribution in [3.63, 3.8) is 0 Å². The summed E-state index contributed by atoms with van der Waals surface area (Å²) in [6, 6.07) is 9.25. The Balaban J connectivity index is 1.78.